The summed E-state index contributed by atoms with van der Waals surface area (Å²) < 4.78 is 42.0. The Balaban J connectivity index is 2.05. The SMILES string of the molecule is CC(C)(O)c1cc(F)c(-c2cc(C(N)=O)c(Nc3cccc(C(=O)CF)n3)s2)c(F)c1. The predicted octanol–water partition coefficient (Wildman–Crippen LogP) is 4.31. The van der Waals surface area contributed by atoms with Crippen molar-refractivity contribution in [3.8, 4) is 10.4 Å². The number of nitrogens with zero attached hydrogens (tertiary/aromatic N) is 1. The molecule has 0 fully saturated rings. The van der Waals surface area contributed by atoms with Crippen molar-refractivity contribution in [3.63, 3.8) is 0 Å². The molecule has 0 bridgehead atoms. The zero-order valence-electron chi connectivity index (χ0n) is 16.5. The largest absolute Gasteiger partial charge is 0.386 e. The first-order chi connectivity index (χ1) is 14.5. The number of pyridine rings is 1. The Morgan fingerprint density at radius 2 is 1.84 bits per heavy atom. The second-order valence-electron chi connectivity index (χ2n) is 7.18. The van der Waals surface area contributed by atoms with Gasteiger partial charge in [0.15, 0.2) is 6.67 Å². The number of nitrogens with two attached hydrogens (primary N) is 1. The van der Waals surface area contributed by atoms with Gasteiger partial charge in [0.1, 0.15) is 28.1 Å². The van der Waals surface area contributed by atoms with Gasteiger partial charge in [0.25, 0.3) is 5.91 Å². The van der Waals surface area contributed by atoms with Crippen molar-refractivity contribution in [2.45, 2.75) is 19.4 Å². The number of rotatable bonds is 7. The van der Waals surface area contributed by atoms with E-state index in [0.717, 1.165) is 23.5 Å². The molecule has 0 saturated heterocycles. The summed E-state index contributed by atoms with van der Waals surface area (Å²) in [5.41, 5.74) is 3.45. The number of anilines is 2. The first kappa shape index (κ1) is 22.4. The maximum atomic E-state index is 14.7. The number of ketones is 1. The molecule has 10 heteroatoms. The zero-order valence-corrected chi connectivity index (χ0v) is 17.3. The van der Waals surface area contributed by atoms with Crippen molar-refractivity contribution in [1.29, 1.82) is 0 Å². The topological polar surface area (TPSA) is 105 Å². The highest BCUT2D eigenvalue weighted by Gasteiger charge is 2.24. The summed E-state index contributed by atoms with van der Waals surface area (Å²) >= 11 is 0.844. The summed E-state index contributed by atoms with van der Waals surface area (Å²) in [4.78, 5) is 27.4. The Labute approximate surface area is 179 Å². The molecule has 3 rings (SSSR count). The molecule has 0 radical (unpaired) electrons. The number of aromatic nitrogens is 1. The normalized spacial score (nSPS) is 11.4. The van der Waals surface area contributed by atoms with Crippen LogP contribution in [-0.2, 0) is 5.60 Å². The number of carbonyl (C=O) groups excluding carboxylic acids is 2. The van der Waals surface area contributed by atoms with Crippen LogP contribution in [0.1, 0.15) is 40.3 Å². The minimum atomic E-state index is -1.45. The van der Waals surface area contributed by atoms with Gasteiger partial charge in [-0.05, 0) is 49.7 Å². The second-order valence-corrected chi connectivity index (χ2v) is 8.23. The van der Waals surface area contributed by atoms with Crippen molar-refractivity contribution < 1.29 is 27.9 Å². The molecule has 2 aromatic heterocycles. The molecule has 0 unspecified atom stereocenters. The molecule has 0 aliphatic carbocycles. The molecule has 6 nitrogen and oxygen atoms in total. The quantitative estimate of drug-likeness (QED) is 0.466. The second kappa shape index (κ2) is 8.48. The summed E-state index contributed by atoms with van der Waals surface area (Å²) in [7, 11) is 0. The van der Waals surface area contributed by atoms with Crippen LogP contribution in [0.2, 0.25) is 0 Å². The summed E-state index contributed by atoms with van der Waals surface area (Å²) in [5, 5.41) is 12.9. The number of hydrogen-bond acceptors (Lipinski definition) is 6. The number of amides is 1. The van der Waals surface area contributed by atoms with E-state index in [-0.39, 0.29) is 38.1 Å². The van der Waals surface area contributed by atoms with Gasteiger partial charge in [0.05, 0.1) is 16.7 Å². The Hall–Kier alpha value is -3.24. The first-order valence-electron chi connectivity index (χ1n) is 9.00. The third-order valence-electron chi connectivity index (χ3n) is 4.39. The van der Waals surface area contributed by atoms with Crippen molar-refractivity contribution >= 4 is 33.8 Å². The fourth-order valence-corrected chi connectivity index (χ4v) is 3.92. The van der Waals surface area contributed by atoms with Gasteiger partial charge in [-0.3, -0.25) is 9.59 Å². The number of nitrogens with one attached hydrogen (secondary N) is 1. The maximum Gasteiger partial charge on any atom is 0.251 e. The lowest BCUT2D eigenvalue weighted by molar-refractivity contribution is 0.0778. The van der Waals surface area contributed by atoms with E-state index in [2.05, 4.69) is 10.3 Å². The monoisotopic (exact) mass is 449 g/mol. The van der Waals surface area contributed by atoms with Gasteiger partial charge in [-0.15, -0.1) is 11.3 Å². The molecular formula is C21H18F3N3O3S. The van der Waals surface area contributed by atoms with Crippen molar-refractivity contribution in [1.82, 2.24) is 4.98 Å². The summed E-state index contributed by atoms with van der Waals surface area (Å²) in [6.45, 7) is 1.58. The highest BCUT2D eigenvalue weighted by atomic mass is 32.1. The van der Waals surface area contributed by atoms with Crippen LogP contribution in [0, 0.1) is 11.6 Å². The number of Topliss-reactive ketones (excluding diaryl/α,β-unsaturated/α-hetero) is 1. The van der Waals surface area contributed by atoms with Crippen LogP contribution >= 0.6 is 11.3 Å². The number of thiophene rings is 1. The summed E-state index contributed by atoms with van der Waals surface area (Å²) in [5.74, 6) is -3.39. The summed E-state index contributed by atoms with van der Waals surface area (Å²) in [6.07, 6.45) is 0. The first-order valence-corrected chi connectivity index (χ1v) is 9.82. The average Bonchev–Trinajstić information content (AvgIpc) is 3.09. The molecule has 31 heavy (non-hydrogen) atoms. The average molecular weight is 449 g/mol. The van der Waals surface area contributed by atoms with Gasteiger partial charge in [0.2, 0.25) is 5.78 Å². The van der Waals surface area contributed by atoms with Crippen LogP contribution in [0.5, 0.6) is 0 Å². The molecule has 1 aromatic carbocycles. The molecule has 0 aliphatic rings. The predicted molar refractivity (Wildman–Crippen MR) is 111 cm³/mol. The minimum Gasteiger partial charge on any atom is -0.386 e. The number of benzene rings is 1. The molecule has 4 N–H and O–H groups in total. The van der Waals surface area contributed by atoms with E-state index in [4.69, 9.17) is 5.73 Å². The molecule has 0 aliphatic heterocycles. The van der Waals surface area contributed by atoms with Crippen LogP contribution in [0.3, 0.4) is 0 Å². The third-order valence-corrected chi connectivity index (χ3v) is 5.46. The van der Waals surface area contributed by atoms with Gasteiger partial charge in [-0.2, -0.15) is 0 Å². The number of halogens is 3. The molecule has 1 amide bonds. The van der Waals surface area contributed by atoms with E-state index in [9.17, 15) is 27.9 Å². The standard InChI is InChI=1S/C21H18F3N3O3S/c1-21(2,30)10-6-12(23)18(13(24)7-10)16-8-11(19(25)29)20(31-16)27-17-5-3-4-14(26-17)15(28)9-22/h3-8,30H,9H2,1-2H3,(H2,25,29)(H,26,27). The van der Waals surface area contributed by atoms with Gasteiger partial charge >= 0.3 is 0 Å². The van der Waals surface area contributed by atoms with Crippen LogP contribution in [0.15, 0.2) is 36.4 Å². The van der Waals surface area contributed by atoms with Crippen molar-refractivity contribution in [2.24, 2.45) is 5.73 Å². The number of alkyl halides is 1. The summed E-state index contributed by atoms with van der Waals surface area (Å²) in [6, 6.07) is 7.53. The highest BCUT2D eigenvalue weighted by molar-refractivity contribution is 7.20. The number of primary amides is 1. The third kappa shape index (κ3) is 4.75. The number of hydrogen-bond donors (Lipinski definition) is 3. The zero-order chi connectivity index (χ0) is 22.9. The highest BCUT2D eigenvalue weighted by Crippen LogP contribution is 2.40. The van der Waals surface area contributed by atoms with Crippen molar-refractivity contribution in [3.05, 3.63) is 64.9 Å². The molecule has 0 atom stereocenters. The van der Waals surface area contributed by atoms with E-state index >= 15 is 0 Å². The van der Waals surface area contributed by atoms with Crippen LogP contribution in [0.4, 0.5) is 24.0 Å². The molecule has 3 aromatic rings. The van der Waals surface area contributed by atoms with Crippen LogP contribution in [-0.4, -0.2) is 28.5 Å². The van der Waals surface area contributed by atoms with Gasteiger partial charge in [0, 0.05) is 4.88 Å². The molecule has 2 heterocycles. The molecular weight excluding hydrogens is 431 g/mol. The maximum absolute atomic E-state index is 14.7. The Morgan fingerprint density at radius 3 is 2.39 bits per heavy atom. The van der Waals surface area contributed by atoms with E-state index < -0.39 is 35.6 Å². The van der Waals surface area contributed by atoms with Crippen molar-refractivity contribution in [2.75, 3.05) is 12.0 Å². The van der Waals surface area contributed by atoms with Gasteiger partial charge in [-0.25, -0.2) is 18.2 Å². The van der Waals surface area contributed by atoms with E-state index in [1.54, 1.807) is 0 Å². The fourth-order valence-electron chi connectivity index (χ4n) is 2.80. The Kier molecular flexibility index (Phi) is 6.14. The fraction of sp³-hybridized carbons (Fsp3) is 0.190. The number of aliphatic hydroxyl groups is 1. The smallest absolute Gasteiger partial charge is 0.251 e. The lowest BCUT2D eigenvalue weighted by Gasteiger charge is -2.18. The molecule has 0 spiro atoms. The van der Waals surface area contributed by atoms with Gasteiger partial charge < -0.3 is 16.2 Å². The van der Waals surface area contributed by atoms with E-state index in [1.165, 1.54) is 38.1 Å². The molecule has 0 saturated carbocycles. The Bertz CT molecular complexity index is 1150. The van der Waals surface area contributed by atoms with E-state index in [0.29, 0.717) is 0 Å². The minimum absolute atomic E-state index is 0.0469. The van der Waals surface area contributed by atoms with Crippen LogP contribution in [0.25, 0.3) is 10.4 Å². The Morgan fingerprint density at radius 1 is 1.19 bits per heavy atom. The van der Waals surface area contributed by atoms with E-state index in [1.807, 2.05) is 0 Å². The number of carbonyl (C=O) groups is 2. The lowest BCUT2D eigenvalue weighted by atomic mass is 9.96. The lowest BCUT2D eigenvalue weighted by Crippen LogP contribution is -2.16. The van der Waals surface area contributed by atoms with Gasteiger partial charge in [-0.1, -0.05) is 6.07 Å². The molecule has 162 valence electrons. The van der Waals surface area contributed by atoms with Crippen LogP contribution < -0.4 is 11.1 Å².